The minimum Gasteiger partial charge on any atom is -0.314 e. The lowest BCUT2D eigenvalue weighted by molar-refractivity contribution is 0.455. The third kappa shape index (κ3) is 5.77. The molecule has 0 amide bonds. The summed E-state index contributed by atoms with van der Waals surface area (Å²) in [6.45, 7) is 5.38. The zero-order valence-electron chi connectivity index (χ0n) is 11.3. The largest absolute Gasteiger partial charge is 0.314 e. The molecule has 0 aliphatic carbocycles. The molecule has 98 valence electrons. The van der Waals surface area contributed by atoms with Gasteiger partial charge in [0.1, 0.15) is 0 Å². The number of nitrogens with zero attached hydrogens (tertiary/aromatic N) is 4. The van der Waals surface area contributed by atoms with Crippen LogP contribution in [0.4, 0.5) is 0 Å². The lowest BCUT2D eigenvalue weighted by Gasteiger charge is -2.15. The van der Waals surface area contributed by atoms with Crippen LogP contribution in [0.5, 0.6) is 0 Å². The van der Waals surface area contributed by atoms with Gasteiger partial charge >= 0.3 is 0 Å². The van der Waals surface area contributed by atoms with Crippen LogP contribution < -0.4 is 5.32 Å². The second-order valence-corrected chi connectivity index (χ2v) is 4.50. The first-order valence-corrected chi connectivity index (χ1v) is 6.72. The third-order valence-corrected chi connectivity index (χ3v) is 2.88. The van der Waals surface area contributed by atoms with Crippen molar-refractivity contribution < 1.29 is 0 Å². The van der Waals surface area contributed by atoms with E-state index >= 15 is 0 Å². The smallest absolute Gasteiger partial charge is 0.176 e. The van der Waals surface area contributed by atoms with Gasteiger partial charge in [-0.05, 0) is 18.2 Å². The van der Waals surface area contributed by atoms with Gasteiger partial charge in [0.15, 0.2) is 5.82 Å². The van der Waals surface area contributed by atoms with Crippen molar-refractivity contribution in [1.82, 2.24) is 25.5 Å². The summed E-state index contributed by atoms with van der Waals surface area (Å²) in [5.41, 5.74) is 0. The Kier molecular flexibility index (Phi) is 6.77. The second-order valence-electron chi connectivity index (χ2n) is 4.50. The Hall–Kier alpha value is -0.970. The molecule has 1 N–H and O–H groups in total. The van der Waals surface area contributed by atoms with E-state index in [1.807, 2.05) is 0 Å². The van der Waals surface area contributed by atoms with Gasteiger partial charge in [0.2, 0.25) is 0 Å². The number of likely N-dealkylation sites (N-methyl/N-ethyl adjacent to an activating group) is 1. The maximum atomic E-state index is 4.23. The Labute approximate surface area is 104 Å². The van der Waals surface area contributed by atoms with E-state index in [4.69, 9.17) is 0 Å². The monoisotopic (exact) mass is 239 g/mol. The summed E-state index contributed by atoms with van der Waals surface area (Å²) in [6.07, 6.45) is 7.32. The Bertz CT molecular complexity index is 297. The number of aryl methyl sites for hydroxylation is 1. The molecule has 5 nitrogen and oxygen atoms in total. The lowest BCUT2D eigenvalue weighted by atomic mass is 10.0. The molecule has 5 heteroatoms. The summed E-state index contributed by atoms with van der Waals surface area (Å²) < 4.78 is 0. The molecule has 0 aliphatic heterocycles. The van der Waals surface area contributed by atoms with Crippen molar-refractivity contribution in [3.8, 4) is 0 Å². The summed E-state index contributed by atoms with van der Waals surface area (Å²) in [6, 6.07) is 0.487. The molecule has 0 bridgehead atoms. The van der Waals surface area contributed by atoms with Gasteiger partial charge in [0.25, 0.3) is 0 Å². The zero-order chi connectivity index (χ0) is 12.5. The highest BCUT2D eigenvalue weighted by Gasteiger charge is 2.11. The fourth-order valence-corrected chi connectivity index (χ4v) is 2.01. The van der Waals surface area contributed by atoms with E-state index < -0.39 is 0 Å². The molecule has 1 aromatic heterocycles. The fraction of sp³-hybridized carbons (Fsp3) is 0.917. The fourth-order valence-electron chi connectivity index (χ4n) is 2.01. The van der Waals surface area contributed by atoms with E-state index in [1.54, 1.807) is 7.05 Å². The Morgan fingerprint density at radius 1 is 1.24 bits per heavy atom. The average Bonchev–Trinajstić information content (AvgIpc) is 2.70. The SMILES string of the molecule is CCCCCCC(Cc1nnn(C)n1)NCC. The average molecular weight is 239 g/mol. The lowest BCUT2D eigenvalue weighted by Crippen LogP contribution is -2.31. The topological polar surface area (TPSA) is 55.6 Å². The van der Waals surface area contributed by atoms with E-state index in [1.165, 1.54) is 36.9 Å². The van der Waals surface area contributed by atoms with E-state index in [0.29, 0.717) is 6.04 Å². The standard InChI is InChI=1S/C12H25N5/c1-4-6-7-8-9-11(13-5-2)10-12-14-16-17(3)15-12/h11,13H,4-10H2,1-3H3. The van der Waals surface area contributed by atoms with Crippen molar-refractivity contribution in [2.24, 2.45) is 7.05 Å². The number of hydrogen-bond donors (Lipinski definition) is 1. The molecule has 1 rings (SSSR count). The van der Waals surface area contributed by atoms with Gasteiger partial charge in [-0.2, -0.15) is 4.80 Å². The van der Waals surface area contributed by atoms with E-state index in [2.05, 4.69) is 34.6 Å². The highest BCUT2D eigenvalue weighted by atomic mass is 15.6. The van der Waals surface area contributed by atoms with E-state index in [0.717, 1.165) is 18.8 Å². The van der Waals surface area contributed by atoms with Crippen LogP contribution in [0.25, 0.3) is 0 Å². The number of nitrogens with one attached hydrogen (secondary N) is 1. The van der Waals surface area contributed by atoms with Crippen molar-refractivity contribution in [2.75, 3.05) is 6.54 Å². The van der Waals surface area contributed by atoms with Crippen LogP contribution in [-0.4, -0.2) is 32.8 Å². The van der Waals surface area contributed by atoms with Gasteiger partial charge in [-0.25, -0.2) is 0 Å². The number of aromatic nitrogens is 4. The number of hydrogen-bond acceptors (Lipinski definition) is 4. The first-order valence-electron chi connectivity index (χ1n) is 6.72. The molecule has 17 heavy (non-hydrogen) atoms. The minimum absolute atomic E-state index is 0.487. The number of unbranched alkanes of at least 4 members (excludes halogenated alkanes) is 3. The van der Waals surface area contributed by atoms with Crippen molar-refractivity contribution in [3.05, 3.63) is 5.82 Å². The van der Waals surface area contributed by atoms with Crippen LogP contribution in [0.1, 0.15) is 51.8 Å². The van der Waals surface area contributed by atoms with Crippen molar-refractivity contribution in [2.45, 2.75) is 58.4 Å². The molecular formula is C12H25N5. The minimum atomic E-state index is 0.487. The maximum Gasteiger partial charge on any atom is 0.176 e. The summed E-state index contributed by atoms with van der Waals surface area (Å²) >= 11 is 0. The third-order valence-electron chi connectivity index (χ3n) is 2.88. The molecule has 1 heterocycles. The molecule has 1 aromatic rings. The Morgan fingerprint density at radius 3 is 2.65 bits per heavy atom. The molecule has 1 atom stereocenters. The van der Waals surface area contributed by atoms with Gasteiger partial charge in [-0.3, -0.25) is 0 Å². The summed E-state index contributed by atoms with van der Waals surface area (Å²) in [5.74, 6) is 0.842. The van der Waals surface area contributed by atoms with Crippen LogP contribution in [0.15, 0.2) is 0 Å². The van der Waals surface area contributed by atoms with Crippen molar-refractivity contribution >= 4 is 0 Å². The highest BCUT2D eigenvalue weighted by molar-refractivity contribution is 4.84. The molecule has 0 spiro atoms. The summed E-state index contributed by atoms with van der Waals surface area (Å²) in [5, 5.41) is 15.6. The van der Waals surface area contributed by atoms with Gasteiger partial charge < -0.3 is 5.32 Å². The zero-order valence-corrected chi connectivity index (χ0v) is 11.3. The van der Waals surface area contributed by atoms with Crippen molar-refractivity contribution in [3.63, 3.8) is 0 Å². The first-order chi connectivity index (χ1) is 8.26. The van der Waals surface area contributed by atoms with Crippen LogP contribution in [0, 0.1) is 0 Å². The predicted octanol–water partition coefficient (Wildman–Crippen LogP) is 1.70. The molecule has 0 radical (unpaired) electrons. The molecule has 0 saturated carbocycles. The van der Waals surface area contributed by atoms with Crippen molar-refractivity contribution in [1.29, 1.82) is 0 Å². The maximum absolute atomic E-state index is 4.23. The normalized spacial score (nSPS) is 12.9. The first kappa shape index (κ1) is 14.1. The van der Waals surface area contributed by atoms with Gasteiger partial charge in [0, 0.05) is 12.5 Å². The van der Waals surface area contributed by atoms with Crippen LogP contribution >= 0.6 is 0 Å². The molecule has 0 saturated heterocycles. The number of tetrazole rings is 1. The van der Waals surface area contributed by atoms with Gasteiger partial charge in [0.05, 0.1) is 7.05 Å². The molecule has 0 aliphatic rings. The van der Waals surface area contributed by atoms with Gasteiger partial charge in [-0.1, -0.05) is 39.5 Å². The molecular weight excluding hydrogens is 214 g/mol. The van der Waals surface area contributed by atoms with E-state index in [-0.39, 0.29) is 0 Å². The summed E-state index contributed by atoms with van der Waals surface area (Å²) in [7, 11) is 1.81. The predicted molar refractivity (Wildman–Crippen MR) is 68.7 cm³/mol. The van der Waals surface area contributed by atoms with Gasteiger partial charge in [-0.15, -0.1) is 10.2 Å². The van der Waals surface area contributed by atoms with E-state index in [9.17, 15) is 0 Å². The van der Waals surface area contributed by atoms with Crippen LogP contribution in [-0.2, 0) is 13.5 Å². The molecule has 0 fully saturated rings. The second kappa shape index (κ2) is 8.17. The van der Waals surface area contributed by atoms with Crippen LogP contribution in [0.2, 0.25) is 0 Å². The number of rotatable bonds is 9. The molecule has 0 aromatic carbocycles. The Morgan fingerprint density at radius 2 is 2.06 bits per heavy atom. The Balaban J connectivity index is 2.32. The summed E-state index contributed by atoms with van der Waals surface area (Å²) in [4.78, 5) is 1.52. The highest BCUT2D eigenvalue weighted by Crippen LogP contribution is 2.08. The van der Waals surface area contributed by atoms with Crippen LogP contribution in [0.3, 0.4) is 0 Å². The molecule has 1 unspecified atom stereocenters. The quantitative estimate of drug-likeness (QED) is 0.666.